The third kappa shape index (κ3) is 5.46. The third-order valence-electron chi connectivity index (χ3n) is 2.37. The van der Waals surface area contributed by atoms with Gasteiger partial charge in [0.1, 0.15) is 18.2 Å². The average molecular weight is 287 g/mol. The summed E-state index contributed by atoms with van der Waals surface area (Å²) in [4.78, 5) is 0. The van der Waals surface area contributed by atoms with Gasteiger partial charge in [0, 0.05) is 20.3 Å². The Morgan fingerprint density at radius 3 is 2.74 bits per heavy atom. The Morgan fingerprint density at radius 2 is 2.05 bits per heavy atom. The summed E-state index contributed by atoms with van der Waals surface area (Å²) in [6.45, 7) is 2.16. The van der Waals surface area contributed by atoms with Crippen LogP contribution in [-0.2, 0) is 9.47 Å². The van der Waals surface area contributed by atoms with Crippen molar-refractivity contribution < 1.29 is 14.2 Å². The summed E-state index contributed by atoms with van der Waals surface area (Å²) in [5.41, 5.74) is 5.89. The molecule has 0 unspecified atom stereocenters. The monoisotopic (exact) mass is 286 g/mol. The molecule has 6 heteroatoms. The summed E-state index contributed by atoms with van der Waals surface area (Å²) >= 11 is 5.98. The summed E-state index contributed by atoms with van der Waals surface area (Å²) in [6, 6.07) is 5.16. The molecular formula is C13H19ClN2O3. The second-order valence-electron chi connectivity index (χ2n) is 3.83. The van der Waals surface area contributed by atoms with Gasteiger partial charge in [0.2, 0.25) is 0 Å². The first-order valence-electron chi connectivity index (χ1n) is 5.99. The molecule has 0 spiro atoms. The van der Waals surface area contributed by atoms with Gasteiger partial charge in [0.15, 0.2) is 0 Å². The highest BCUT2D eigenvalue weighted by atomic mass is 35.5. The lowest BCUT2D eigenvalue weighted by Gasteiger charge is -2.12. The number of nitrogens with two attached hydrogens (primary N) is 1. The van der Waals surface area contributed by atoms with Crippen LogP contribution < -0.4 is 10.5 Å². The molecule has 0 amide bonds. The molecule has 0 aliphatic carbocycles. The molecular weight excluding hydrogens is 268 g/mol. The first kappa shape index (κ1) is 15.8. The van der Waals surface area contributed by atoms with E-state index in [2.05, 4.69) is 0 Å². The molecule has 0 saturated heterocycles. The first-order valence-corrected chi connectivity index (χ1v) is 6.37. The largest absolute Gasteiger partial charge is 0.490 e. The number of amidine groups is 1. The highest BCUT2D eigenvalue weighted by Gasteiger charge is 2.10. The Morgan fingerprint density at radius 1 is 1.26 bits per heavy atom. The van der Waals surface area contributed by atoms with Crippen LogP contribution in [0, 0.1) is 5.41 Å². The van der Waals surface area contributed by atoms with E-state index < -0.39 is 0 Å². The van der Waals surface area contributed by atoms with Crippen LogP contribution in [0.5, 0.6) is 5.75 Å². The van der Waals surface area contributed by atoms with E-state index in [1.807, 2.05) is 0 Å². The van der Waals surface area contributed by atoms with E-state index in [1.54, 1.807) is 25.3 Å². The van der Waals surface area contributed by atoms with Crippen LogP contribution in [-0.4, -0.2) is 39.4 Å². The first-order chi connectivity index (χ1) is 9.16. The van der Waals surface area contributed by atoms with Crippen LogP contribution in [0.4, 0.5) is 0 Å². The van der Waals surface area contributed by atoms with Crippen molar-refractivity contribution >= 4 is 17.4 Å². The molecule has 0 aliphatic rings. The van der Waals surface area contributed by atoms with Crippen LogP contribution in [0.15, 0.2) is 18.2 Å². The van der Waals surface area contributed by atoms with Gasteiger partial charge in [-0.25, -0.2) is 0 Å². The molecule has 19 heavy (non-hydrogen) atoms. The minimum absolute atomic E-state index is 0.110. The van der Waals surface area contributed by atoms with E-state index in [4.69, 9.17) is 37.0 Å². The number of ether oxygens (including phenoxy) is 3. The summed E-state index contributed by atoms with van der Waals surface area (Å²) in [7, 11) is 1.66. The van der Waals surface area contributed by atoms with Crippen molar-refractivity contribution in [2.45, 2.75) is 6.42 Å². The van der Waals surface area contributed by atoms with E-state index in [1.165, 1.54) is 0 Å². The maximum Gasteiger partial charge on any atom is 0.131 e. The molecule has 0 aliphatic heterocycles. The normalized spacial score (nSPS) is 10.4. The number of halogens is 1. The van der Waals surface area contributed by atoms with Gasteiger partial charge < -0.3 is 19.9 Å². The zero-order valence-electron chi connectivity index (χ0n) is 10.9. The molecule has 1 aromatic rings. The molecule has 3 N–H and O–H groups in total. The van der Waals surface area contributed by atoms with Crippen LogP contribution in [0.1, 0.15) is 12.0 Å². The van der Waals surface area contributed by atoms with Crippen LogP contribution in [0.25, 0.3) is 0 Å². The van der Waals surface area contributed by atoms with Crippen molar-refractivity contribution in [2.24, 2.45) is 5.73 Å². The number of nitrogen functional groups attached to an aromatic ring is 1. The molecule has 106 valence electrons. The van der Waals surface area contributed by atoms with Gasteiger partial charge in [0.05, 0.1) is 17.2 Å². The van der Waals surface area contributed by atoms with Crippen LogP contribution in [0.3, 0.4) is 0 Å². The van der Waals surface area contributed by atoms with Gasteiger partial charge in [-0.15, -0.1) is 0 Å². The maximum absolute atomic E-state index is 7.48. The Bertz CT molecular complexity index is 413. The minimum Gasteiger partial charge on any atom is -0.490 e. The van der Waals surface area contributed by atoms with Gasteiger partial charge in [-0.05, 0) is 18.6 Å². The fourth-order valence-electron chi connectivity index (χ4n) is 1.50. The predicted octanol–water partition coefficient (Wildman–Crippen LogP) is 2.06. The van der Waals surface area contributed by atoms with E-state index in [-0.39, 0.29) is 5.84 Å². The van der Waals surface area contributed by atoms with Gasteiger partial charge in [-0.1, -0.05) is 17.7 Å². The highest BCUT2D eigenvalue weighted by molar-refractivity contribution is 6.34. The Kier molecular flexibility index (Phi) is 7.25. The fraction of sp³-hybridized carbons (Fsp3) is 0.462. The lowest BCUT2D eigenvalue weighted by molar-refractivity contribution is 0.0806. The quantitative estimate of drug-likeness (QED) is 0.414. The van der Waals surface area contributed by atoms with Gasteiger partial charge >= 0.3 is 0 Å². The summed E-state index contributed by atoms with van der Waals surface area (Å²) in [5.74, 6) is 0.391. The standard InChI is InChI=1S/C13H19ClN2O3/c1-17-6-3-7-18-8-9-19-11-5-2-4-10(14)12(11)13(15)16/h2,4-5H,3,6-9H2,1H3,(H3,15,16). The molecule has 0 fully saturated rings. The van der Waals surface area contributed by atoms with E-state index >= 15 is 0 Å². The SMILES string of the molecule is COCCCOCCOc1cccc(Cl)c1C(=N)N. The molecule has 5 nitrogen and oxygen atoms in total. The van der Waals surface area contributed by atoms with Crippen molar-refractivity contribution in [3.8, 4) is 5.75 Å². The highest BCUT2D eigenvalue weighted by Crippen LogP contribution is 2.25. The topological polar surface area (TPSA) is 77.6 Å². The van der Waals surface area contributed by atoms with Crippen molar-refractivity contribution in [2.75, 3.05) is 33.5 Å². The van der Waals surface area contributed by atoms with E-state index in [9.17, 15) is 0 Å². The van der Waals surface area contributed by atoms with Gasteiger partial charge in [-0.2, -0.15) is 0 Å². The zero-order chi connectivity index (χ0) is 14.1. The number of methoxy groups -OCH3 is 1. The fourth-order valence-corrected chi connectivity index (χ4v) is 1.77. The lowest BCUT2D eigenvalue weighted by atomic mass is 10.2. The summed E-state index contributed by atoms with van der Waals surface area (Å²) in [6.07, 6.45) is 0.854. The van der Waals surface area contributed by atoms with Gasteiger partial charge in [-0.3, -0.25) is 5.41 Å². The Hall–Kier alpha value is -1.30. The molecule has 1 aromatic carbocycles. The molecule has 0 radical (unpaired) electrons. The second kappa shape index (κ2) is 8.74. The van der Waals surface area contributed by atoms with Crippen LogP contribution in [0.2, 0.25) is 5.02 Å². The van der Waals surface area contributed by atoms with Crippen LogP contribution >= 0.6 is 11.6 Å². The third-order valence-corrected chi connectivity index (χ3v) is 2.68. The molecule has 0 atom stereocenters. The molecule has 0 bridgehead atoms. The molecule has 0 saturated carbocycles. The zero-order valence-corrected chi connectivity index (χ0v) is 11.7. The van der Waals surface area contributed by atoms with Gasteiger partial charge in [0.25, 0.3) is 0 Å². The number of benzene rings is 1. The average Bonchev–Trinajstić information content (AvgIpc) is 2.37. The van der Waals surface area contributed by atoms with E-state index in [0.717, 1.165) is 6.42 Å². The smallest absolute Gasteiger partial charge is 0.131 e. The number of hydrogen-bond acceptors (Lipinski definition) is 4. The van der Waals surface area contributed by atoms with E-state index in [0.29, 0.717) is 42.8 Å². The predicted molar refractivity (Wildman–Crippen MR) is 75.3 cm³/mol. The van der Waals surface area contributed by atoms with Crippen molar-refractivity contribution in [3.63, 3.8) is 0 Å². The number of hydrogen-bond donors (Lipinski definition) is 2. The maximum atomic E-state index is 7.48. The molecule has 1 rings (SSSR count). The Balaban J connectivity index is 2.37. The molecule has 0 heterocycles. The second-order valence-corrected chi connectivity index (χ2v) is 4.24. The minimum atomic E-state index is -0.110. The van der Waals surface area contributed by atoms with Crippen molar-refractivity contribution in [1.82, 2.24) is 0 Å². The number of nitrogens with one attached hydrogen (secondary N) is 1. The van der Waals surface area contributed by atoms with Crippen molar-refractivity contribution in [3.05, 3.63) is 28.8 Å². The summed E-state index contributed by atoms with van der Waals surface area (Å²) in [5, 5.41) is 7.89. The number of rotatable bonds is 9. The Labute approximate surface area is 118 Å². The lowest BCUT2D eigenvalue weighted by Crippen LogP contribution is -2.15. The molecule has 0 aromatic heterocycles. The summed E-state index contributed by atoms with van der Waals surface area (Å²) < 4.78 is 15.8. The van der Waals surface area contributed by atoms with Crippen molar-refractivity contribution in [1.29, 1.82) is 5.41 Å².